The number of benzene rings is 5. The highest BCUT2D eigenvalue weighted by Crippen LogP contribution is 2.39. The van der Waals surface area contributed by atoms with Crippen LogP contribution in [-0.4, -0.2) is 58.3 Å². The van der Waals surface area contributed by atoms with Gasteiger partial charge in [0.15, 0.2) is 6.29 Å². The maximum absolute atomic E-state index is 12.6. The summed E-state index contributed by atoms with van der Waals surface area (Å²) in [5, 5.41) is 36.1. The summed E-state index contributed by atoms with van der Waals surface area (Å²) in [5.74, 6) is -0.0790. The average molecular weight is 773 g/mol. The highest BCUT2D eigenvalue weighted by atomic mass is 16.7. The monoisotopic (exact) mass is 772 g/mol. The molecule has 11 nitrogen and oxygen atoms in total. The number of hydrogen-bond acceptors (Lipinski definition) is 9. The highest BCUT2D eigenvalue weighted by Gasteiger charge is 2.33. The van der Waals surface area contributed by atoms with E-state index >= 15 is 0 Å². The number of phenols is 1. The van der Waals surface area contributed by atoms with Crippen LogP contribution in [0, 0.1) is 0 Å². The zero-order valence-corrected chi connectivity index (χ0v) is 32.2. The van der Waals surface area contributed by atoms with E-state index in [1.807, 2.05) is 90.8 Å². The van der Waals surface area contributed by atoms with Gasteiger partial charge in [0.1, 0.15) is 5.75 Å². The van der Waals surface area contributed by atoms with Crippen molar-refractivity contribution in [1.29, 1.82) is 0 Å². The van der Waals surface area contributed by atoms with Crippen molar-refractivity contribution in [2.45, 2.75) is 69.9 Å². The summed E-state index contributed by atoms with van der Waals surface area (Å²) in [4.78, 5) is 26.9. The number of hydrogen-bond donors (Lipinski definition) is 6. The zero-order valence-electron chi connectivity index (χ0n) is 32.2. The van der Waals surface area contributed by atoms with Gasteiger partial charge >= 0.3 is 0 Å². The number of unbranched alkanes of at least 4 members (excludes halogenated alkanes) is 1. The third-order valence-corrected chi connectivity index (χ3v) is 10.1. The SMILES string of the molecule is CN(C[C@H]1C[C@@H](c2ccc(CO)cc2)O[C@@H](c2ccc(-c3cccc(CNC(=O)CCCCC(=O)Nc4ccccc4N)c3)cc2)O1)C[C@@H](O)c1cccc(O)c1. The number of carbonyl (C=O) groups excluding carboxylic acids is 2. The summed E-state index contributed by atoms with van der Waals surface area (Å²) in [6, 6.07) is 37.7. The molecule has 0 aromatic heterocycles. The molecular formula is C46H52N4O7. The highest BCUT2D eigenvalue weighted by molar-refractivity contribution is 5.93. The molecule has 1 saturated heterocycles. The van der Waals surface area contributed by atoms with Gasteiger partial charge in [-0.1, -0.05) is 91.0 Å². The third-order valence-electron chi connectivity index (χ3n) is 10.1. The Morgan fingerprint density at radius 3 is 2.26 bits per heavy atom. The molecule has 0 aliphatic carbocycles. The fraction of sp³-hybridized carbons (Fsp3) is 0.304. The number of aliphatic hydroxyl groups excluding tert-OH is 2. The number of nitrogen functional groups attached to an aromatic ring is 1. The van der Waals surface area contributed by atoms with E-state index in [2.05, 4.69) is 16.7 Å². The average Bonchev–Trinajstić information content (AvgIpc) is 3.22. The minimum absolute atomic E-state index is 0.0358. The topological polar surface area (TPSA) is 167 Å². The minimum Gasteiger partial charge on any atom is -0.508 e. The number of para-hydroxylation sites is 2. The largest absolute Gasteiger partial charge is 0.508 e. The summed E-state index contributed by atoms with van der Waals surface area (Å²) in [7, 11) is 1.94. The Morgan fingerprint density at radius 2 is 1.53 bits per heavy atom. The molecule has 1 aliphatic rings. The smallest absolute Gasteiger partial charge is 0.224 e. The van der Waals surface area contributed by atoms with Gasteiger partial charge in [0.05, 0.1) is 36.3 Å². The van der Waals surface area contributed by atoms with E-state index < -0.39 is 12.4 Å². The number of amides is 2. The van der Waals surface area contributed by atoms with Crippen molar-refractivity contribution in [3.8, 4) is 16.9 Å². The Hall–Kier alpha value is -5.56. The first-order chi connectivity index (χ1) is 27.6. The Morgan fingerprint density at radius 1 is 0.807 bits per heavy atom. The first-order valence-corrected chi connectivity index (χ1v) is 19.4. The van der Waals surface area contributed by atoms with Gasteiger partial charge in [0, 0.05) is 44.5 Å². The Labute approximate surface area is 334 Å². The molecule has 1 heterocycles. The molecule has 5 aromatic rings. The molecule has 57 heavy (non-hydrogen) atoms. The van der Waals surface area contributed by atoms with Crippen LogP contribution in [0.1, 0.15) is 78.4 Å². The Kier molecular flexibility index (Phi) is 14.4. The van der Waals surface area contributed by atoms with Gasteiger partial charge in [-0.2, -0.15) is 0 Å². The van der Waals surface area contributed by atoms with Crippen molar-refractivity contribution in [3.63, 3.8) is 0 Å². The predicted octanol–water partition coefficient (Wildman–Crippen LogP) is 7.16. The van der Waals surface area contributed by atoms with E-state index in [1.54, 1.807) is 36.4 Å². The molecule has 2 amide bonds. The number of nitrogens with one attached hydrogen (secondary N) is 2. The molecule has 1 aliphatic heterocycles. The normalized spacial score (nSPS) is 17.2. The van der Waals surface area contributed by atoms with Crippen molar-refractivity contribution in [2.24, 2.45) is 0 Å². The molecule has 0 saturated carbocycles. The van der Waals surface area contributed by atoms with Crippen molar-refractivity contribution < 1.29 is 34.4 Å². The summed E-state index contributed by atoms with van der Waals surface area (Å²) < 4.78 is 13.1. The fourth-order valence-electron chi connectivity index (χ4n) is 6.97. The molecule has 0 unspecified atom stereocenters. The molecule has 7 N–H and O–H groups in total. The number of nitrogens with zero attached hydrogens (tertiary/aromatic N) is 1. The number of phenolic OH excluding ortho intramolecular Hbond substituents is 1. The maximum atomic E-state index is 12.6. The number of ether oxygens (including phenoxy) is 2. The van der Waals surface area contributed by atoms with Gasteiger partial charge in [-0.15, -0.1) is 0 Å². The van der Waals surface area contributed by atoms with Crippen LogP contribution in [0.15, 0.2) is 121 Å². The van der Waals surface area contributed by atoms with Gasteiger partial charge in [0.25, 0.3) is 0 Å². The van der Waals surface area contributed by atoms with Gasteiger partial charge in [0.2, 0.25) is 11.8 Å². The minimum atomic E-state index is -0.778. The number of aliphatic hydroxyl groups is 2. The van der Waals surface area contributed by atoms with Crippen molar-refractivity contribution in [1.82, 2.24) is 10.2 Å². The first kappa shape index (κ1) is 41.1. The quantitative estimate of drug-likeness (QED) is 0.0425. The molecule has 5 aromatic carbocycles. The fourth-order valence-corrected chi connectivity index (χ4v) is 6.97. The lowest BCUT2D eigenvalue weighted by atomic mass is 9.98. The number of likely N-dealkylation sites (N-methyl/N-ethyl adjacent to an activating group) is 1. The van der Waals surface area contributed by atoms with Crippen LogP contribution in [-0.2, 0) is 32.2 Å². The van der Waals surface area contributed by atoms with Crippen molar-refractivity contribution in [3.05, 3.63) is 149 Å². The number of carbonyl (C=O) groups is 2. The van der Waals surface area contributed by atoms with E-state index in [1.165, 1.54) is 0 Å². The van der Waals surface area contributed by atoms with Crippen LogP contribution in [0.25, 0.3) is 11.1 Å². The molecule has 0 bridgehead atoms. The number of anilines is 2. The zero-order chi connectivity index (χ0) is 40.1. The van der Waals surface area contributed by atoms with Crippen molar-refractivity contribution >= 4 is 23.2 Å². The van der Waals surface area contributed by atoms with Crippen molar-refractivity contribution in [2.75, 3.05) is 31.2 Å². The van der Waals surface area contributed by atoms with Crippen LogP contribution in [0.2, 0.25) is 0 Å². The summed E-state index contributed by atoms with van der Waals surface area (Å²) in [6.07, 6.45) is 0.563. The molecule has 1 fully saturated rings. The second-order valence-corrected chi connectivity index (χ2v) is 14.6. The summed E-state index contributed by atoms with van der Waals surface area (Å²) >= 11 is 0. The number of aromatic hydroxyl groups is 1. The standard InChI is InChI=1S/C46H52N4O7/c1-50(29-42(53)37-10-7-11-38(52)25-37)28-39-26-43(34-18-16-31(30-51)17-19-34)57-46(56-39)35-22-20-33(21-23-35)36-9-6-8-32(24-36)27-48-44(54)14-4-5-15-45(55)49-41-13-3-2-12-40(41)47/h2-3,6-13,16-25,39,42-43,46,51-53H,4-5,14-15,26-30,47H2,1H3,(H,48,54)(H,49,55)/t39-,42-,43+,46+/m1/s1. The molecule has 6 rings (SSSR count). The van der Waals surface area contributed by atoms with E-state index in [0.29, 0.717) is 68.7 Å². The van der Waals surface area contributed by atoms with Crippen LogP contribution in [0.3, 0.4) is 0 Å². The van der Waals surface area contributed by atoms with E-state index in [4.69, 9.17) is 15.2 Å². The van der Waals surface area contributed by atoms with E-state index in [9.17, 15) is 24.9 Å². The lowest BCUT2D eigenvalue weighted by molar-refractivity contribution is -0.252. The van der Waals surface area contributed by atoms with Crippen LogP contribution < -0.4 is 16.4 Å². The van der Waals surface area contributed by atoms with Crippen LogP contribution in [0.5, 0.6) is 5.75 Å². The summed E-state index contributed by atoms with van der Waals surface area (Å²) in [6.45, 7) is 1.26. The Bertz CT molecular complexity index is 2070. The van der Waals surface area contributed by atoms with E-state index in [-0.39, 0.29) is 36.4 Å². The Balaban J connectivity index is 1.03. The molecule has 0 radical (unpaired) electrons. The third kappa shape index (κ3) is 12.0. The second-order valence-electron chi connectivity index (χ2n) is 14.6. The van der Waals surface area contributed by atoms with E-state index in [0.717, 1.165) is 33.4 Å². The molecular weight excluding hydrogens is 721 g/mol. The molecule has 4 atom stereocenters. The number of nitrogens with two attached hydrogens (primary N) is 1. The summed E-state index contributed by atoms with van der Waals surface area (Å²) in [5.41, 5.74) is 13.3. The number of rotatable bonds is 17. The maximum Gasteiger partial charge on any atom is 0.224 e. The lowest BCUT2D eigenvalue weighted by Crippen LogP contribution is -2.39. The predicted molar refractivity (Wildman–Crippen MR) is 221 cm³/mol. The first-order valence-electron chi connectivity index (χ1n) is 19.4. The second kappa shape index (κ2) is 20.0. The molecule has 11 heteroatoms. The molecule has 298 valence electrons. The van der Waals surface area contributed by atoms with Crippen LogP contribution >= 0.6 is 0 Å². The van der Waals surface area contributed by atoms with Gasteiger partial charge in [-0.3, -0.25) is 9.59 Å². The lowest BCUT2D eigenvalue weighted by Gasteiger charge is -2.38. The van der Waals surface area contributed by atoms with Gasteiger partial charge in [-0.25, -0.2) is 0 Å². The van der Waals surface area contributed by atoms with Crippen LogP contribution in [0.4, 0.5) is 11.4 Å². The van der Waals surface area contributed by atoms with Gasteiger partial charge < -0.3 is 46.1 Å². The molecule has 0 spiro atoms. The van der Waals surface area contributed by atoms with Gasteiger partial charge in [-0.05, 0) is 83.6 Å².